The predicted molar refractivity (Wildman–Crippen MR) is 82.8 cm³/mol. The van der Waals surface area contributed by atoms with Crippen molar-refractivity contribution in [2.24, 2.45) is 13.0 Å². The van der Waals surface area contributed by atoms with Crippen molar-refractivity contribution >= 4 is 5.91 Å². The summed E-state index contributed by atoms with van der Waals surface area (Å²) in [5.41, 5.74) is 1.97. The van der Waals surface area contributed by atoms with Crippen molar-refractivity contribution in [1.82, 2.24) is 15.1 Å². The summed E-state index contributed by atoms with van der Waals surface area (Å²) < 4.78 is 13.2. The van der Waals surface area contributed by atoms with Crippen molar-refractivity contribution in [3.05, 3.63) is 47.8 Å². The van der Waals surface area contributed by atoms with Crippen molar-refractivity contribution in [1.29, 1.82) is 0 Å². The van der Waals surface area contributed by atoms with Gasteiger partial charge in [0.25, 0.3) is 0 Å². The van der Waals surface area contributed by atoms with Crippen molar-refractivity contribution in [3.8, 4) is 5.75 Å². The summed E-state index contributed by atoms with van der Waals surface area (Å²) in [4.78, 5) is 12.8. The molecule has 4 rings (SSSR count). The number of aryl methyl sites for hydroxylation is 1. The minimum Gasteiger partial charge on any atom is -0.491 e. The van der Waals surface area contributed by atoms with Crippen LogP contribution in [0.4, 0.5) is 0 Å². The van der Waals surface area contributed by atoms with Gasteiger partial charge < -0.3 is 14.8 Å². The maximum Gasteiger partial charge on any atom is 0.226 e. The first-order chi connectivity index (χ1) is 11.2. The summed E-state index contributed by atoms with van der Waals surface area (Å²) in [6.07, 6.45) is 2.21. The Kier molecular flexibility index (Phi) is 3.53. The number of nitrogens with zero attached hydrogens (tertiary/aromatic N) is 2. The Bertz CT molecular complexity index is 727. The molecule has 6 nitrogen and oxygen atoms in total. The molecule has 120 valence electrons. The highest BCUT2D eigenvalue weighted by atomic mass is 16.5. The van der Waals surface area contributed by atoms with Crippen LogP contribution < -0.4 is 10.1 Å². The maximum atomic E-state index is 12.8. The third-order valence-electron chi connectivity index (χ3n) is 4.60. The van der Waals surface area contributed by atoms with Gasteiger partial charge in [0, 0.05) is 25.4 Å². The molecule has 6 heteroatoms. The van der Waals surface area contributed by atoms with E-state index in [2.05, 4.69) is 10.4 Å². The minimum absolute atomic E-state index is 0.0130. The van der Waals surface area contributed by atoms with Crippen LogP contribution in [0.1, 0.15) is 29.8 Å². The van der Waals surface area contributed by atoms with E-state index in [1.165, 1.54) is 0 Å². The zero-order valence-corrected chi connectivity index (χ0v) is 12.9. The molecule has 2 aliphatic rings. The largest absolute Gasteiger partial charge is 0.491 e. The molecule has 1 fully saturated rings. The molecule has 2 aliphatic heterocycles. The number of benzene rings is 1. The first kappa shape index (κ1) is 14.3. The number of para-hydroxylation sites is 1. The molecular formula is C17H19N3O3. The van der Waals surface area contributed by atoms with Gasteiger partial charge in [-0.15, -0.1) is 0 Å². The molecule has 1 aromatic heterocycles. The topological polar surface area (TPSA) is 65.4 Å². The van der Waals surface area contributed by atoms with E-state index in [0.29, 0.717) is 13.2 Å². The Balaban J connectivity index is 1.50. The first-order valence-corrected chi connectivity index (χ1v) is 7.85. The van der Waals surface area contributed by atoms with Gasteiger partial charge in [-0.2, -0.15) is 5.10 Å². The van der Waals surface area contributed by atoms with E-state index >= 15 is 0 Å². The number of hydrogen-bond acceptors (Lipinski definition) is 4. The molecule has 23 heavy (non-hydrogen) atoms. The molecule has 1 aromatic carbocycles. The van der Waals surface area contributed by atoms with E-state index in [1.807, 2.05) is 37.4 Å². The van der Waals surface area contributed by atoms with Gasteiger partial charge in [-0.05, 0) is 18.6 Å². The molecule has 1 saturated heterocycles. The normalized spacial score (nSPS) is 25.9. The molecule has 3 heterocycles. The fraction of sp³-hybridized carbons (Fsp3) is 0.412. The summed E-state index contributed by atoms with van der Waals surface area (Å²) in [5.74, 6) is 0.667. The molecular weight excluding hydrogens is 294 g/mol. The lowest BCUT2D eigenvalue weighted by Gasteiger charge is -2.20. The molecule has 0 spiro atoms. The Morgan fingerprint density at radius 3 is 3.04 bits per heavy atom. The fourth-order valence-electron chi connectivity index (χ4n) is 3.37. The van der Waals surface area contributed by atoms with Crippen LogP contribution in [0.5, 0.6) is 5.75 Å². The van der Waals surface area contributed by atoms with Crippen LogP contribution in [-0.4, -0.2) is 28.9 Å². The van der Waals surface area contributed by atoms with Gasteiger partial charge in [-0.1, -0.05) is 18.2 Å². The van der Waals surface area contributed by atoms with E-state index < -0.39 is 0 Å². The number of amides is 1. The lowest BCUT2D eigenvalue weighted by molar-refractivity contribution is -0.127. The van der Waals surface area contributed by atoms with E-state index in [-0.39, 0.29) is 24.0 Å². The monoisotopic (exact) mass is 313 g/mol. The number of rotatable bonds is 3. The van der Waals surface area contributed by atoms with Gasteiger partial charge in [0.2, 0.25) is 5.91 Å². The summed E-state index contributed by atoms with van der Waals surface area (Å²) in [6, 6.07) is 9.64. The predicted octanol–water partition coefficient (Wildman–Crippen LogP) is 1.75. The number of hydrogen-bond donors (Lipinski definition) is 1. The average Bonchev–Trinajstić information content (AvgIpc) is 3.27. The van der Waals surface area contributed by atoms with Crippen molar-refractivity contribution < 1.29 is 14.3 Å². The Hall–Kier alpha value is -2.34. The number of carbonyl (C=O) groups is 1. The quantitative estimate of drug-likeness (QED) is 0.937. The number of ether oxygens (including phenoxy) is 2. The molecule has 1 N–H and O–H groups in total. The second kappa shape index (κ2) is 5.70. The molecule has 1 unspecified atom stereocenters. The smallest absolute Gasteiger partial charge is 0.226 e. The van der Waals surface area contributed by atoms with Crippen LogP contribution in [0.2, 0.25) is 0 Å². The van der Waals surface area contributed by atoms with Crippen molar-refractivity contribution in [2.75, 3.05) is 13.2 Å². The van der Waals surface area contributed by atoms with Gasteiger partial charge >= 0.3 is 0 Å². The van der Waals surface area contributed by atoms with Gasteiger partial charge in [0.15, 0.2) is 0 Å². The second-order valence-electron chi connectivity index (χ2n) is 5.98. The Morgan fingerprint density at radius 1 is 1.35 bits per heavy atom. The highest BCUT2D eigenvalue weighted by Gasteiger charge is 2.38. The van der Waals surface area contributed by atoms with Crippen LogP contribution in [0.3, 0.4) is 0 Å². The molecule has 0 saturated carbocycles. The van der Waals surface area contributed by atoms with Crippen molar-refractivity contribution in [3.63, 3.8) is 0 Å². The van der Waals surface area contributed by atoms with Crippen LogP contribution in [0, 0.1) is 5.92 Å². The number of fused-ring (bicyclic) bond motifs is 1. The zero-order valence-electron chi connectivity index (χ0n) is 12.9. The third kappa shape index (κ3) is 2.49. The highest BCUT2D eigenvalue weighted by molar-refractivity contribution is 5.80. The van der Waals surface area contributed by atoms with Gasteiger partial charge in [-0.3, -0.25) is 9.48 Å². The molecule has 0 bridgehead atoms. The lowest BCUT2D eigenvalue weighted by Crippen LogP contribution is -2.36. The van der Waals surface area contributed by atoms with Gasteiger partial charge in [0.05, 0.1) is 17.7 Å². The zero-order chi connectivity index (χ0) is 15.8. The second-order valence-corrected chi connectivity index (χ2v) is 5.98. The summed E-state index contributed by atoms with van der Waals surface area (Å²) >= 11 is 0. The SMILES string of the molecule is Cn1nccc1[C@@H]1OCC[C@H]1C(=O)NC1COc2ccccc21. The molecule has 2 aromatic rings. The fourth-order valence-corrected chi connectivity index (χ4v) is 3.37. The highest BCUT2D eigenvalue weighted by Crippen LogP contribution is 2.36. The molecule has 0 radical (unpaired) electrons. The van der Waals surface area contributed by atoms with E-state index in [0.717, 1.165) is 23.4 Å². The summed E-state index contributed by atoms with van der Waals surface area (Å²) in [6.45, 7) is 1.07. The first-order valence-electron chi connectivity index (χ1n) is 7.85. The molecule has 0 aliphatic carbocycles. The minimum atomic E-state index is -0.236. The van der Waals surface area contributed by atoms with Crippen LogP contribution in [-0.2, 0) is 16.6 Å². The average molecular weight is 313 g/mol. The van der Waals surface area contributed by atoms with E-state index in [4.69, 9.17) is 9.47 Å². The van der Waals surface area contributed by atoms with Crippen LogP contribution in [0.25, 0.3) is 0 Å². The Labute approximate surface area is 134 Å². The van der Waals surface area contributed by atoms with E-state index in [1.54, 1.807) is 10.9 Å². The van der Waals surface area contributed by atoms with E-state index in [9.17, 15) is 4.79 Å². The number of aromatic nitrogens is 2. The Morgan fingerprint density at radius 2 is 2.22 bits per heavy atom. The standard InChI is InChI=1S/C17H19N3O3/c1-20-14(6-8-18-20)16-12(7-9-22-16)17(21)19-13-10-23-15-5-3-2-4-11(13)15/h2-6,8,12-13,16H,7,9-10H2,1H3,(H,19,21)/t12-,13?,16-/m1/s1. The number of carbonyl (C=O) groups excluding carboxylic acids is 1. The lowest BCUT2D eigenvalue weighted by atomic mass is 9.97. The maximum absolute atomic E-state index is 12.8. The van der Waals surface area contributed by atoms with Crippen LogP contribution in [0.15, 0.2) is 36.5 Å². The van der Waals surface area contributed by atoms with Gasteiger partial charge in [-0.25, -0.2) is 0 Å². The van der Waals surface area contributed by atoms with Crippen molar-refractivity contribution in [2.45, 2.75) is 18.6 Å². The van der Waals surface area contributed by atoms with Crippen LogP contribution >= 0.6 is 0 Å². The third-order valence-corrected chi connectivity index (χ3v) is 4.60. The van der Waals surface area contributed by atoms with Gasteiger partial charge in [0.1, 0.15) is 18.5 Å². The molecule has 3 atom stereocenters. The number of nitrogens with one attached hydrogen (secondary N) is 1. The molecule has 1 amide bonds. The summed E-state index contributed by atoms with van der Waals surface area (Å²) in [5, 5.41) is 7.29. The summed E-state index contributed by atoms with van der Waals surface area (Å²) in [7, 11) is 1.87.